The Balaban J connectivity index is 1.88. The van der Waals surface area contributed by atoms with E-state index in [0.29, 0.717) is 11.3 Å². The van der Waals surface area contributed by atoms with E-state index >= 15 is 0 Å². The maximum atomic E-state index is 10.1. The smallest absolute Gasteiger partial charge is 0.0585 e. The van der Waals surface area contributed by atoms with E-state index < -0.39 is 0 Å². The lowest BCUT2D eigenvalue weighted by Gasteiger charge is -2.44. The minimum absolute atomic E-state index is 0.0133. The molecule has 0 saturated heterocycles. The zero-order valence-electron chi connectivity index (χ0n) is 28.7. The first-order chi connectivity index (χ1) is 19.6. The molecule has 2 unspecified atom stereocenters. The van der Waals surface area contributed by atoms with Crippen molar-refractivity contribution >= 4 is 0 Å². The highest BCUT2D eigenvalue weighted by Crippen LogP contribution is 2.47. The molecule has 0 radical (unpaired) electrons. The Morgan fingerprint density at radius 2 is 1.21 bits per heavy atom. The maximum absolute atomic E-state index is 10.1. The van der Waals surface area contributed by atoms with Crippen LogP contribution in [0.25, 0.3) is 0 Å². The van der Waals surface area contributed by atoms with Crippen molar-refractivity contribution in [3.63, 3.8) is 0 Å². The minimum Gasteiger partial charge on any atom is -0.393 e. The Morgan fingerprint density at radius 3 is 1.74 bits per heavy atom. The van der Waals surface area contributed by atoms with E-state index in [9.17, 15) is 5.11 Å². The lowest BCUT2D eigenvalue weighted by molar-refractivity contribution is 0.0840. The topological polar surface area (TPSA) is 20.2 Å². The number of aliphatic hydroxyl groups is 1. The molecule has 0 amide bonds. The molecule has 42 heavy (non-hydrogen) atoms. The average Bonchev–Trinajstić information content (AvgIpc) is 2.84. The third kappa shape index (κ3) is 11.9. The van der Waals surface area contributed by atoms with Crippen molar-refractivity contribution in [1.82, 2.24) is 0 Å². The minimum atomic E-state index is -0.220. The summed E-state index contributed by atoms with van der Waals surface area (Å²) in [5, 5.41) is 10.1. The molecule has 1 heteroatoms. The first-order valence-corrected chi connectivity index (χ1v) is 16.1. The van der Waals surface area contributed by atoms with E-state index in [0.717, 1.165) is 24.7 Å². The molecule has 1 N–H and O–H groups in total. The SMILES string of the molecule is CC1=C(/C=C/C(C)=C/C=C/C(C)=C/C=C/C=C(C)/C=C/C=C(C)/C=C/C2C(C)C[C@@H](C)CC2(C)C)C(C)(C)C[C@H](O)C1. The molecule has 0 bridgehead atoms. The van der Waals surface area contributed by atoms with Crippen LogP contribution < -0.4 is 0 Å². The predicted octanol–water partition coefficient (Wildman–Crippen LogP) is 11.8. The van der Waals surface area contributed by atoms with Gasteiger partial charge in [0.25, 0.3) is 0 Å². The van der Waals surface area contributed by atoms with E-state index in [4.69, 9.17) is 0 Å². The summed E-state index contributed by atoms with van der Waals surface area (Å²) in [5.41, 5.74) is 7.98. The summed E-state index contributed by atoms with van der Waals surface area (Å²) in [6, 6.07) is 0. The van der Waals surface area contributed by atoms with Crippen molar-refractivity contribution in [3.8, 4) is 0 Å². The molecule has 1 nitrogen and oxygen atoms in total. The van der Waals surface area contributed by atoms with Gasteiger partial charge in [-0.25, -0.2) is 0 Å². The Kier molecular flexibility index (Phi) is 13.8. The molecule has 0 aromatic heterocycles. The zero-order chi connectivity index (χ0) is 31.5. The first-order valence-electron chi connectivity index (χ1n) is 16.1. The van der Waals surface area contributed by atoms with E-state index in [1.54, 1.807) is 0 Å². The van der Waals surface area contributed by atoms with Gasteiger partial charge >= 0.3 is 0 Å². The maximum Gasteiger partial charge on any atom is 0.0585 e. The molecule has 2 aliphatic carbocycles. The monoisotopic (exact) mass is 568 g/mol. The van der Waals surface area contributed by atoms with Gasteiger partial charge in [-0.15, -0.1) is 0 Å². The number of hydrogen-bond acceptors (Lipinski definition) is 1. The molecule has 4 atom stereocenters. The molecule has 0 aliphatic heterocycles. The van der Waals surface area contributed by atoms with Gasteiger partial charge in [0, 0.05) is 0 Å². The molecule has 1 saturated carbocycles. The highest BCUT2D eigenvalue weighted by Gasteiger charge is 2.38. The highest BCUT2D eigenvalue weighted by molar-refractivity contribution is 5.38. The number of hydrogen-bond donors (Lipinski definition) is 1. The standard InChI is InChI=1S/C41H60O/c1-30(18-14-20-32(3)22-24-38-35(6)26-34(5)28-40(38,8)9)16-12-13-17-31(2)19-15-21-33(4)23-25-39-36(7)27-37(42)29-41(39,10)11/h12-25,34-35,37-38,42H,26-29H2,1-11H3/b13-12+,18-14+,19-15+,24-22+,25-23+,30-16+,31-17+,32-20+,33-21+/t34-,35?,37-,38?/m1/s1. The lowest BCUT2D eigenvalue weighted by Crippen LogP contribution is -2.35. The van der Waals surface area contributed by atoms with Crippen LogP contribution >= 0.6 is 0 Å². The van der Waals surface area contributed by atoms with Crippen LogP contribution in [0.2, 0.25) is 0 Å². The van der Waals surface area contributed by atoms with Crippen LogP contribution in [0.1, 0.15) is 102 Å². The van der Waals surface area contributed by atoms with Crippen molar-refractivity contribution in [3.05, 3.63) is 119 Å². The zero-order valence-corrected chi connectivity index (χ0v) is 28.7. The van der Waals surface area contributed by atoms with E-state index in [1.807, 2.05) is 0 Å². The number of allylic oxidation sites excluding steroid dienone is 19. The molecule has 2 aliphatic rings. The molecule has 2 rings (SSSR count). The Morgan fingerprint density at radius 1 is 0.714 bits per heavy atom. The van der Waals surface area contributed by atoms with Gasteiger partial charge in [-0.2, -0.15) is 0 Å². The molecule has 230 valence electrons. The van der Waals surface area contributed by atoms with Crippen LogP contribution in [0.5, 0.6) is 0 Å². The molecule has 0 aromatic carbocycles. The van der Waals surface area contributed by atoms with Crippen LogP contribution in [-0.2, 0) is 0 Å². The fourth-order valence-corrected chi connectivity index (χ4v) is 7.11. The summed E-state index contributed by atoms with van der Waals surface area (Å²) >= 11 is 0. The third-order valence-corrected chi connectivity index (χ3v) is 8.99. The van der Waals surface area contributed by atoms with Crippen LogP contribution in [0.4, 0.5) is 0 Å². The quantitative estimate of drug-likeness (QED) is 0.260. The number of aliphatic hydroxyl groups excluding tert-OH is 1. The van der Waals surface area contributed by atoms with Gasteiger partial charge in [0.05, 0.1) is 6.10 Å². The van der Waals surface area contributed by atoms with Crippen LogP contribution in [-0.4, -0.2) is 11.2 Å². The number of rotatable bonds is 10. The fourth-order valence-electron chi connectivity index (χ4n) is 7.11. The fraction of sp³-hybridized carbons (Fsp3) is 0.512. The molecule has 0 spiro atoms. The first kappa shape index (κ1) is 35.6. The third-order valence-electron chi connectivity index (χ3n) is 8.99. The summed E-state index contributed by atoms with van der Waals surface area (Å²) in [6.45, 7) is 24.9. The van der Waals surface area contributed by atoms with Gasteiger partial charge in [-0.3, -0.25) is 0 Å². The van der Waals surface area contributed by atoms with Crippen molar-refractivity contribution in [2.45, 2.75) is 108 Å². The molecule has 0 heterocycles. The average molecular weight is 569 g/mol. The van der Waals surface area contributed by atoms with Crippen LogP contribution in [0.3, 0.4) is 0 Å². The lowest BCUT2D eigenvalue weighted by atomic mass is 9.61. The summed E-state index contributed by atoms with van der Waals surface area (Å²) in [7, 11) is 0. The molecular formula is C41H60O. The van der Waals surface area contributed by atoms with Crippen molar-refractivity contribution in [2.75, 3.05) is 0 Å². The van der Waals surface area contributed by atoms with E-state index in [-0.39, 0.29) is 11.5 Å². The van der Waals surface area contributed by atoms with Crippen LogP contribution in [0.15, 0.2) is 119 Å². The van der Waals surface area contributed by atoms with Crippen molar-refractivity contribution in [1.29, 1.82) is 0 Å². The van der Waals surface area contributed by atoms with E-state index in [1.165, 1.54) is 46.3 Å². The normalized spacial score (nSPS) is 28.5. The largest absolute Gasteiger partial charge is 0.393 e. The predicted molar refractivity (Wildman–Crippen MR) is 187 cm³/mol. The van der Waals surface area contributed by atoms with Crippen molar-refractivity contribution < 1.29 is 5.11 Å². The molecular weight excluding hydrogens is 508 g/mol. The van der Waals surface area contributed by atoms with Gasteiger partial charge in [-0.05, 0) is 94.5 Å². The van der Waals surface area contributed by atoms with Gasteiger partial charge in [-0.1, -0.05) is 154 Å². The molecule has 0 aromatic rings. The van der Waals surface area contributed by atoms with E-state index in [2.05, 4.69) is 161 Å². The highest BCUT2D eigenvalue weighted by atomic mass is 16.3. The Bertz CT molecular complexity index is 1210. The summed E-state index contributed by atoms with van der Waals surface area (Å²) < 4.78 is 0. The summed E-state index contributed by atoms with van der Waals surface area (Å²) in [5.74, 6) is 2.22. The van der Waals surface area contributed by atoms with Crippen molar-refractivity contribution in [2.24, 2.45) is 28.6 Å². The second kappa shape index (κ2) is 16.3. The Hall–Kier alpha value is -2.64. The molecule has 1 fully saturated rings. The van der Waals surface area contributed by atoms with Crippen LogP contribution in [0, 0.1) is 28.6 Å². The van der Waals surface area contributed by atoms with Gasteiger partial charge in [0.2, 0.25) is 0 Å². The summed E-state index contributed by atoms with van der Waals surface area (Å²) in [4.78, 5) is 0. The van der Waals surface area contributed by atoms with Gasteiger partial charge in [0.1, 0.15) is 0 Å². The second-order valence-electron chi connectivity index (χ2n) is 14.6. The van der Waals surface area contributed by atoms with Gasteiger partial charge in [0.15, 0.2) is 0 Å². The second-order valence-corrected chi connectivity index (χ2v) is 14.6. The van der Waals surface area contributed by atoms with Gasteiger partial charge < -0.3 is 5.11 Å². The Labute approximate surface area is 259 Å². The summed E-state index contributed by atoms with van der Waals surface area (Å²) in [6.07, 6.45) is 34.6.